The Hall–Kier alpha value is -1.70. The lowest BCUT2D eigenvalue weighted by Crippen LogP contribution is -2.29. The molecule has 0 fully saturated rings. The van der Waals surface area contributed by atoms with E-state index >= 15 is 0 Å². The fraction of sp³-hybridized carbons (Fsp3) is 0.250. The summed E-state index contributed by atoms with van der Waals surface area (Å²) >= 11 is 8.29. The molecule has 0 aliphatic heterocycles. The number of thiocarbonyl (C=S) groups is 1. The van der Waals surface area contributed by atoms with Gasteiger partial charge in [-0.3, -0.25) is 0 Å². The molecule has 4 nitrogen and oxygen atoms in total. The first-order chi connectivity index (χ1) is 11.0. The number of thiophene rings is 2. The summed E-state index contributed by atoms with van der Waals surface area (Å²) in [6, 6.07) is 1.98. The molecule has 2 aromatic heterocycles. The van der Waals surface area contributed by atoms with Crippen molar-refractivity contribution in [2.75, 3.05) is 18.5 Å². The summed E-state index contributed by atoms with van der Waals surface area (Å²) in [4.78, 5) is 12.4. The van der Waals surface area contributed by atoms with Crippen LogP contribution >= 0.6 is 34.9 Å². The van der Waals surface area contributed by atoms with E-state index in [9.17, 15) is 4.79 Å². The van der Waals surface area contributed by atoms with Crippen LogP contribution in [-0.4, -0.2) is 24.2 Å². The van der Waals surface area contributed by atoms with Crippen molar-refractivity contribution >= 4 is 51.0 Å². The zero-order chi connectivity index (χ0) is 16.8. The number of rotatable bonds is 6. The quantitative estimate of drug-likeness (QED) is 0.447. The highest BCUT2D eigenvalue weighted by atomic mass is 32.1. The zero-order valence-corrected chi connectivity index (χ0v) is 15.4. The van der Waals surface area contributed by atoms with Gasteiger partial charge in [-0.1, -0.05) is 12.2 Å². The minimum atomic E-state index is -0.347. The van der Waals surface area contributed by atoms with Crippen LogP contribution in [0.15, 0.2) is 34.4 Å². The highest BCUT2D eigenvalue weighted by Gasteiger charge is 2.22. The molecule has 7 heteroatoms. The van der Waals surface area contributed by atoms with Crippen LogP contribution in [0.5, 0.6) is 0 Å². The summed E-state index contributed by atoms with van der Waals surface area (Å²) in [6.45, 7) is 8.45. The summed E-state index contributed by atoms with van der Waals surface area (Å²) in [5.74, 6) is -0.347. The summed E-state index contributed by atoms with van der Waals surface area (Å²) in [7, 11) is 0. The second-order valence-electron chi connectivity index (χ2n) is 4.85. The molecule has 0 spiro atoms. The van der Waals surface area contributed by atoms with E-state index in [-0.39, 0.29) is 5.97 Å². The Bertz CT molecular complexity index is 705. The maximum atomic E-state index is 12.4. The van der Waals surface area contributed by atoms with Gasteiger partial charge in [-0.2, -0.15) is 11.3 Å². The summed E-state index contributed by atoms with van der Waals surface area (Å²) < 4.78 is 5.20. The molecule has 0 atom stereocenters. The van der Waals surface area contributed by atoms with E-state index in [0.29, 0.717) is 28.8 Å². The minimum Gasteiger partial charge on any atom is -0.462 e. The SMILES string of the molecule is C=C(C)CNC(=S)Nc1scc(-c2ccsc2)c1C(=O)OCC. The van der Waals surface area contributed by atoms with Gasteiger partial charge in [0.2, 0.25) is 0 Å². The molecule has 2 aromatic rings. The van der Waals surface area contributed by atoms with Crippen molar-refractivity contribution < 1.29 is 9.53 Å². The van der Waals surface area contributed by atoms with Gasteiger partial charge in [0.1, 0.15) is 10.6 Å². The molecule has 2 N–H and O–H groups in total. The van der Waals surface area contributed by atoms with Gasteiger partial charge in [-0.15, -0.1) is 11.3 Å². The van der Waals surface area contributed by atoms with Crippen molar-refractivity contribution in [3.8, 4) is 11.1 Å². The van der Waals surface area contributed by atoms with Gasteiger partial charge in [0.25, 0.3) is 0 Å². The maximum absolute atomic E-state index is 12.4. The Balaban J connectivity index is 2.27. The van der Waals surface area contributed by atoms with Crippen LogP contribution in [0.2, 0.25) is 0 Å². The predicted molar refractivity (Wildman–Crippen MR) is 103 cm³/mol. The molecule has 122 valence electrons. The predicted octanol–water partition coefficient (Wildman–Crippen LogP) is 4.52. The molecule has 2 heterocycles. The molecule has 0 aromatic carbocycles. The number of hydrogen-bond acceptors (Lipinski definition) is 5. The highest BCUT2D eigenvalue weighted by molar-refractivity contribution is 7.80. The molecular weight excluding hydrogens is 348 g/mol. The second-order valence-corrected chi connectivity index (χ2v) is 6.92. The van der Waals surface area contributed by atoms with E-state index in [2.05, 4.69) is 17.2 Å². The van der Waals surface area contributed by atoms with Crippen LogP contribution in [0.3, 0.4) is 0 Å². The highest BCUT2D eigenvalue weighted by Crippen LogP contribution is 2.37. The molecule has 0 unspecified atom stereocenters. The summed E-state index contributed by atoms with van der Waals surface area (Å²) in [6.07, 6.45) is 0. The van der Waals surface area contributed by atoms with Gasteiger partial charge in [-0.05, 0) is 48.5 Å². The first kappa shape index (κ1) is 17.7. The van der Waals surface area contributed by atoms with Crippen molar-refractivity contribution in [3.63, 3.8) is 0 Å². The summed E-state index contributed by atoms with van der Waals surface area (Å²) in [5, 5.41) is 13.2. The first-order valence-corrected chi connectivity index (χ1v) is 9.26. The van der Waals surface area contributed by atoms with E-state index in [1.54, 1.807) is 18.3 Å². The smallest absolute Gasteiger partial charge is 0.341 e. The van der Waals surface area contributed by atoms with Crippen LogP contribution in [-0.2, 0) is 4.74 Å². The van der Waals surface area contributed by atoms with E-state index in [4.69, 9.17) is 17.0 Å². The van der Waals surface area contributed by atoms with Crippen molar-refractivity contribution in [1.29, 1.82) is 0 Å². The third kappa shape index (κ3) is 4.63. The molecule has 23 heavy (non-hydrogen) atoms. The molecule has 0 saturated heterocycles. The van der Waals surface area contributed by atoms with Gasteiger partial charge >= 0.3 is 5.97 Å². The number of carbonyl (C=O) groups excluding carboxylic acids is 1. The Morgan fingerprint density at radius 2 is 2.22 bits per heavy atom. The zero-order valence-electron chi connectivity index (χ0n) is 13.0. The van der Waals surface area contributed by atoms with Crippen LogP contribution in [0, 0.1) is 0 Å². The standard InChI is InChI=1S/C16H18N2O2S3/c1-4-20-15(19)13-12(11-5-6-22-8-11)9-23-14(13)18-16(21)17-7-10(2)3/h5-6,8-9H,2,4,7H2,1,3H3,(H2,17,18,21). The number of hydrogen-bond donors (Lipinski definition) is 2. The van der Waals surface area contributed by atoms with E-state index in [0.717, 1.165) is 16.7 Å². The molecule has 0 aliphatic carbocycles. The van der Waals surface area contributed by atoms with Crippen LogP contribution in [0.1, 0.15) is 24.2 Å². The van der Waals surface area contributed by atoms with Crippen molar-refractivity contribution in [3.05, 3.63) is 39.9 Å². The van der Waals surface area contributed by atoms with E-state index in [1.165, 1.54) is 11.3 Å². The largest absolute Gasteiger partial charge is 0.462 e. The Morgan fingerprint density at radius 1 is 1.43 bits per heavy atom. The van der Waals surface area contributed by atoms with Crippen molar-refractivity contribution in [2.45, 2.75) is 13.8 Å². The van der Waals surface area contributed by atoms with E-state index in [1.807, 2.05) is 29.1 Å². The van der Waals surface area contributed by atoms with Gasteiger partial charge in [-0.25, -0.2) is 4.79 Å². The van der Waals surface area contributed by atoms with Gasteiger partial charge < -0.3 is 15.4 Å². The Labute approximate surface area is 149 Å². The number of ether oxygens (including phenoxy) is 1. The molecule has 0 saturated carbocycles. The molecular formula is C16H18N2O2S3. The first-order valence-electron chi connectivity index (χ1n) is 7.03. The average molecular weight is 367 g/mol. The molecule has 0 radical (unpaired) electrons. The van der Waals surface area contributed by atoms with Gasteiger partial charge in [0.05, 0.1) is 6.61 Å². The minimum absolute atomic E-state index is 0.329. The average Bonchev–Trinajstić information content (AvgIpc) is 3.14. The number of anilines is 1. The molecule has 0 amide bonds. The second kappa shape index (κ2) is 8.24. The maximum Gasteiger partial charge on any atom is 0.341 e. The van der Waals surface area contributed by atoms with E-state index < -0.39 is 0 Å². The third-order valence-corrected chi connectivity index (χ3v) is 4.71. The fourth-order valence-corrected chi connectivity index (χ4v) is 3.72. The molecule has 0 bridgehead atoms. The van der Waals surface area contributed by atoms with Crippen molar-refractivity contribution in [1.82, 2.24) is 5.32 Å². The Morgan fingerprint density at radius 3 is 2.83 bits per heavy atom. The van der Waals surface area contributed by atoms with Gasteiger partial charge in [0, 0.05) is 17.5 Å². The van der Waals surface area contributed by atoms with Crippen LogP contribution in [0.4, 0.5) is 5.00 Å². The van der Waals surface area contributed by atoms with Gasteiger partial charge in [0.15, 0.2) is 5.11 Å². The Kier molecular flexibility index (Phi) is 6.32. The van der Waals surface area contributed by atoms with Crippen molar-refractivity contribution in [2.24, 2.45) is 0 Å². The lowest BCUT2D eigenvalue weighted by atomic mass is 10.1. The third-order valence-electron chi connectivity index (χ3n) is 2.88. The monoisotopic (exact) mass is 366 g/mol. The topological polar surface area (TPSA) is 50.4 Å². The summed E-state index contributed by atoms with van der Waals surface area (Å²) in [5.41, 5.74) is 3.36. The number of nitrogens with one attached hydrogen (secondary N) is 2. The van der Waals surface area contributed by atoms with Crippen LogP contribution < -0.4 is 10.6 Å². The van der Waals surface area contributed by atoms with Crippen LogP contribution in [0.25, 0.3) is 11.1 Å². The molecule has 2 rings (SSSR count). The lowest BCUT2D eigenvalue weighted by Gasteiger charge is -2.11. The fourth-order valence-electron chi connectivity index (χ4n) is 1.86. The number of carbonyl (C=O) groups is 1. The normalized spacial score (nSPS) is 10.2. The molecule has 0 aliphatic rings. The lowest BCUT2D eigenvalue weighted by molar-refractivity contribution is 0.0529. The number of esters is 1.